The average Bonchev–Trinajstić information content (AvgIpc) is 2.55. The lowest BCUT2D eigenvalue weighted by atomic mass is 10.2. The molecule has 0 aliphatic carbocycles. The van der Waals surface area contributed by atoms with Crippen molar-refractivity contribution < 1.29 is 33.5 Å². The molecule has 0 aliphatic rings. The van der Waals surface area contributed by atoms with Crippen LogP contribution in [0.5, 0.6) is 0 Å². The molecule has 0 aliphatic heterocycles. The first-order valence-electron chi connectivity index (χ1n) is 9.17. The zero-order valence-corrected chi connectivity index (χ0v) is 16.5. The molecule has 0 radical (unpaired) electrons. The quantitative estimate of drug-likeness (QED) is 0.370. The van der Waals surface area contributed by atoms with Crippen LogP contribution in [0.25, 0.3) is 0 Å². The van der Waals surface area contributed by atoms with Crippen molar-refractivity contribution in [2.24, 2.45) is 0 Å². The van der Waals surface area contributed by atoms with E-state index in [0.717, 1.165) is 13.0 Å². The molecule has 0 aromatic heterocycles. The van der Waals surface area contributed by atoms with Crippen LogP contribution in [-0.4, -0.2) is 89.5 Å². The van der Waals surface area contributed by atoms with Gasteiger partial charge in [0.15, 0.2) is 0 Å². The predicted molar refractivity (Wildman–Crippen MR) is 96.1 cm³/mol. The van der Waals surface area contributed by atoms with Crippen LogP contribution in [0.15, 0.2) is 0 Å². The molecule has 25 heavy (non-hydrogen) atoms. The number of aliphatic hydroxyl groups is 1. The molecule has 7 heteroatoms. The van der Waals surface area contributed by atoms with Crippen molar-refractivity contribution in [3.63, 3.8) is 0 Å². The summed E-state index contributed by atoms with van der Waals surface area (Å²) in [5, 5.41) is 8.78. The first kappa shape index (κ1) is 24.7. The van der Waals surface area contributed by atoms with E-state index in [9.17, 15) is 0 Å². The van der Waals surface area contributed by atoms with Gasteiger partial charge in [0, 0.05) is 6.61 Å². The molecule has 7 nitrogen and oxygen atoms in total. The second kappa shape index (κ2) is 17.1. The Morgan fingerprint density at radius 3 is 1.92 bits per heavy atom. The van der Waals surface area contributed by atoms with Crippen LogP contribution in [0.3, 0.4) is 0 Å². The predicted octanol–water partition coefficient (Wildman–Crippen LogP) is 1.66. The fraction of sp³-hybridized carbons (Fsp3) is 1.00. The van der Waals surface area contributed by atoms with Crippen LogP contribution in [0.1, 0.15) is 34.1 Å². The highest BCUT2D eigenvalue weighted by Gasteiger charge is 2.11. The SMILES string of the molecule is CCCOCCOCC(COCCO)OCCOCCOC(C)(C)C. The van der Waals surface area contributed by atoms with Crippen molar-refractivity contribution in [2.75, 3.05) is 72.7 Å². The fourth-order valence-corrected chi connectivity index (χ4v) is 1.79. The molecule has 0 bridgehead atoms. The van der Waals surface area contributed by atoms with Crippen molar-refractivity contribution in [1.29, 1.82) is 0 Å². The van der Waals surface area contributed by atoms with Crippen LogP contribution in [0.4, 0.5) is 0 Å². The van der Waals surface area contributed by atoms with Gasteiger partial charge >= 0.3 is 0 Å². The van der Waals surface area contributed by atoms with E-state index in [4.69, 9.17) is 33.5 Å². The molecule has 0 spiro atoms. The zero-order valence-electron chi connectivity index (χ0n) is 16.5. The molecule has 1 N–H and O–H groups in total. The Hall–Kier alpha value is -0.280. The standard InChI is InChI=1S/C18H38O7/c1-5-7-20-9-10-23-16-17(15-22-8-6-19)24-13-11-21-12-14-25-18(2,3)4/h17,19H,5-16H2,1-4H3. The summed E-state index contributed by atoms with van der Waals surface area (Å²) < 4.78 is 33.0. The lowest BCUT2D eigenvalue weighted by molar-refractivity contribution is -0.0869. The van der Waals surface area contributed by atoms with Crippen LogP contribution in [0.2, 0.25) is 0 Å². The summed E-state index contributed by atoms with van der Waals surface area (Å²) in [5.41, 5.74) is -0.146. The van der Waals surface area contributed by atoms with E-state index < -0.39 is 0 Å². The van der Waals surface area contributed by atoms with E-state index in [1.54, 1.807) is 0 Å². The Bertz CT molecular complexity index is 269. The normalized spacial score (nSPS) is 13.3. The summed E-state index contributed by atoms with van der Waals surface area (Å²) in [6.07, 6.45) is 0.814. The second-order valence-electron chi connectivity index (χ2n) is 6.55. The van der Waals surface area contributed by atoms with Gasteiger partial charge in [0.05, 0.1) is 71.7 Å². The molecule has 0 amide bonds. The lowest BCUT2D eigenvalue weighted by Gasteiger charge is -2.20. The molecule has 0 rings (SSSR count). The van der Waals surface area contributed by atoms with E-state index in [1.165, 1.54) is 0 Å². The van der Waals surface area contributed by atoms with Crippen molar-refractivity contribution >= 4 is 0 Å². The largest absolute Gasteiger partial charge is 0.394 e. The Balaban J connectivity index is 3.71. The lowest BCUT2D eigenvalue weighted by Crippen LogP contribution is -2.29. The Morgan fingerprint density at radius 1 is 0.720 bits per heavy atom. The Morgan fingerprint density at radius 2 is 1.28 bits per heavy atom. The maximum Gasteiger partial charge on any atom is 0.104 e. The van der Waals surface area contributed by atoms with E-state index in [-0.39, 0.29) is 18.3 Å². The van der Waals surface area contributed by atoms with Crippen molar-refractivity contribution in [2.45, 2.75) is 45.8 Å². The fourth-order valence-electron chi connectivity index (χ4n) is 1.79. The van der Waals surface area contributed by atoms with Gasteiger partial charge < -0.3 is 33.5 Å². The zero-order chi connectivity index (χ0) is 18.8. The van der Waals surface area contributed by atoms with Gasteiger partial charge in [-0.05, 0) is 27.2 Å². The monoisotopic (exact) mass is 366 g/mol. The third-order valence-electron chi connectivity index (χ3n) is 2.91. The first-order valence-corrected chi connectivity index (χ1v) is 9.17. The van der Waals surface area contributed by atoms with Gasteiger partial charge in [0.2, 0.25) is 0 Å². The van der Waals surface area contributed by atoms with E-state index in [2.05, 4.69) is 6.92 Å². The summed E-state index contributed by atoms with van der Waals surface area (Å²) in [6, 6.07) is 0. The van der Waals surface area contributed by atoms with E-state index in [0.29, 0.717) is 59.5 Å². The summed E-state index contributed by atoms with van der Waals surface area (Å²) in [7, 11) is 0. The molecule has 0 heterocycles. The average molecular weight is 366 g/mol. The minimum Gasteiger partial charge on any atom is -0.394 e. The number of rotatable bonds is 18. The van der Waals surface area contributed by atoms with Gasteiger partial charge in [-0.15, -0.1) is 0 Å². The summed E-state index contributed by atoms with van der Waals surface area (Å²) in [6.45, 7) is 13.1. The third-order valence-corrected chi connectivity index (χ3v) is 2.91. The number of hydrogen-bond donors (Lipinski definition) is 1. The molecular weight excluding hydrogens is 328 g/mol. The molecule has 0 fully saturated rings. The molecule has 152 valence electrons. The molecule has 0 saturated carbocycles. The molecule has 1 atom stereocenters. The smallest absolute Gasteiger partial charge is 0.104 e. The van der Waals surface area contributed by atoms with Gasteiger partial charge in [-0.3, -0.25) is 0 Å². The topological polar surface area (TPSA) is 75.6 Å². The third kappa shape index (κ3) is 19.9. The highest BCUT2D eigenvalue weighted by atomic mass is 16.6. The number of aliphatic hydroxyl groups excluding tert-OH is 1. The number of hydrogen-bond acceptors (Lipinski definition) is 7. The highest BCUT2D eigenvalue weighted by Crippen LogP contribution is 2.05. The Kier molecular flexibility index (Phi) is 17.0. The van der Waals surface area contributed by atoms with Gasteiger partial charge in [0.25, 0.3) is 0 Å². The maximum absolute atomic E-state index is 8.78. The van der Waals surface area contributed by atoms with Gasteiger partial charge in [-0.1, -0.05) is 6.92 Å². The van der Waals surface area contributed by atoms with Gasteiger partial charge in [-0.25, -0.2) is 0 Å². The molecular formula is C18H38O7. The maximum atomic E-state index is 8.78. The summed E-state index contributed by atoms with van der Waals surface area (Å²) in [5.74, 6) is 0. The van der Waals surface area contributed by atoms with Crippen LogP contribution in [0, 0.1) is 0 Å². The minimum atomic E-state index is -0.188. The molecule has 0 aromatic carbocycles. The van der Waals surface area contributed by atoms with Gasteiger partial charge in [0.1, 0.15) is 6.10 Å². The van der Waals surface area contributed by atoms with Crippen LogP contribution in [-0.2, 0) is 28.4 Å². The number of ether oxygens (including phenoxy) is 6. The summed E-state index contributed by atoms with van der Waals surface area (Å²) in [4.78, 5) is 0. The molecule has 0 aromatic rings. The Labute approximate surface area is 152 Å². The van der Waals surface area contributed by atoms with Crippen molar-refractivity contribution in [1.82, 2.24) is 0 Å². The van der Waals surface area contributed by atoms with Crippen LogP contribution < -0.4 is 0 Å². The molecule has 1 unspecified atom stereocenters. The second-order valence-corrected chi connectivity index (χ2v) is 6.55. The van der Waals surface area contributed by atoms with Crippen LogP contribution >= 0.6 is 0 Å². The van der Waals surface area contributed by atoms with E-state index >= 15 is 0 Å². The minimum absolute atomic E-state index is 0.00464. The highest BCUT2D eigenvalue weighted by molar-refractivity contribution is 4.58. The first-order chi connectivity index (χ1) is 12.0. The van der Waals surface area contributed by atoms with Crippen molar-refractivity contribution in [3.8, 4) is 0 Å². The summed E-state index contributed by atoms with van der Waals surface area (Å²) >= 11 is 0. The van der Waals surface area contributed by atoms with Gasteiger partial charge in [-0.2, -0.15) is 0 Å². The van der Waals surface area contributed by atoms with Crippen molar-refractivity contribution in [3.05, 3.63) is 0 Å². The molecule has 0 saturated heterocycles. The van der Waals surface area contributed by atoms with E-state index in [1.807, 2.05) is 20.8 Å².